The van der Waals surface area contributed by atoms with Gasteiger partial charge in [-0.3, -0.25) is 0 Å². The van der Waals surface area contributed by atoms with E-state index in [-0.39, 0.29) is 0 Å². The summed E-state index contributed by atoms with van der Waals surface area (Å²) >= 11 is 1.82. The maximum atomic E-state index is 4.67. The number of likely N-dealkylation sites (N-methyl/N-ethyl adjacent to an activating group) is 1. The van der Waals surface area contributed by atoms with E-state index in [0.29, 0.717) is 6.04 Å². The van der Waals surface area contributed by atoms with Gasteiger partial charge in [0.15, 0.2) is 0 Å². The zero-order chi connectivity index (χ0) is 14.5. The normalized spacial score (nSPS) is 12.4. The van der Waals surface area contributed by atoms with Crippen molar-refractivity contribution in [2.75, 3.05) is 19.0 Å². The van der Waals surface area contributed by atoms with Gasteiger partial charge in [-0.1, -0.05) is 6.07 Å². The third kappa shape index (κ3) is 3.81. The summed E-state index contributed by atoms with van der Waals surface area (Å²) < 4.78 is 0. The summed E-state index contributed by atoms with van der Waals surface area (Å²) in [6.07, 6.45) is 1.06. The summed E-state index contributed by atoms with van der Waals surface area (Å²) in [6, 6.07) is 9.06. The highest BCUT2D eigenvalue weighted by atomic mass is 32.1. The highest BCUT2D eigenvalue weighted by Gasteiger charge is 2.13. The quantitative estimate of drug-likeness (QED) is 0.885. The summed E-state index contributed by atoms with van der Waals surface area (Å²) in [7, 11) is 4.10. The van der Waals surface area contributed by atoms with Crippen LogP contribution in [-0.2, 0) is 13.0 Å². The molecule has 0 bridgehead atoms. The molecule has 2 heterocycles. The van der Waals surface area contributed by atoms with Crippen LogP contribution in [0.2, 0.25) is 0 Å². The maximum absolute atomic E-state index is 4.67. The van der Waals surface area contributed by atoms with E-state index in [4.69, 9.17) is 0 Å². The molecule has 0 spiro atoms. The molecule has 1 N–H and O–H groups in total. The molecule has 2 rings (SSSR count). The van der Waals surface area contributed by atoms with E-state index in [2.05, 4.69) is 65.7 Å². The SMILES string of the molecule is CNCc1cc(C)nc(N(C)C(C)Cc2cccs2)c1. The minimum atomic E-state index is 0.436. The molecule has 2 aromatic heterocycles. The van der Waals surface area contributed by atoms with Crippen LogP contribution >= 0.6 is 11.3 Å². The fourth-order valence-corrected chi connectivity index (χ4v) is 3.12. The molecule has 0 aliphatic carbocycles. The molecule has 1 unspecified atom stereocenters. The molecule has 20 heavy (non-hydrogen) atoms. The molecule has 108 valence electrons. The number of nitrogens with zero attached hydrogens (tertiary/aromatic N) is 2. The number of pyridine rings is 1. The molecule has 2 aromatic rings. The van der Waals surface area contributed by atoms with Gasteiger partial charge >= 0.3 is 0 Å². The molecule has 0 aliphatic rings. The van der Waals surface area contributed by atoms with Crippen molar-refractivity contribution < 1.29 is 0 Å². The largest absolute Gasteiger partial charge is 0.357 e. The van der Waals surface area contributed by atoms with Gasteiger partial charge in [-0.15, -0.1) is 11.3 Å². The molecule has 3 nitrogen and oxygen atoms in total. The second kappa shape index (κ2) is 6.86. The van der Waals surface area contributed by atoms with Crippen LogP contribution in [0.5, 0.6) is 0 Å². The van der Waals surface area contributed by atoms with E-state index in [1.807, 2.05) is 18.4 Å². The van der Waals surface area contributed by atoms with Gasteiger partial charge in [-0.05, 0) is 50.0 Å². The molecule has 0 saturated carbocycles. The molecule has 0 aromatic carbocycles. The van der Waals surface area contributed by atoms with E-state index in [1.54, 1.807) is 0 Å². The van der Waals surface area contributed by atoms with E-state index in [9.17, 15) is 0 Å². The zero-order valence-electron chi connectivity index (χ0n) is 12.7. The summed E-state index contributed by atoms with van der Waals surface area (Å²) in [5, 5.41) is 5.34. The van der Waals surface area contributed by atoms with Crippen molar-refractivity contribution in [2.24, 2.45) is 0 Å². The van der Waals surface area contributed by atoms with Gasteiger partial charge in [0.05, 0.1) is 0 Å². The Balaban J connectivity index is 2.13. The van der Waals surface area contributed by atoms with Crippen LogP contribution in [0, 0.1) is 6.92 Å². The maximum Gasteiger partial charge on any atom is 0.129 e. The molecule has 0 saturated heterocycles. The summed E-state index contributed by atoms with van der Waals surface area (Å²) in [6.45, 7) is 5.19. The van der Waals surface area contributed by atoms with Crippen molar-refractivity contribution in [3.05, 3.63) is 45.8 Å². The van der Waals surface area contributed by atoms with E-state index < -0.39 is 0 Å². The van der Waals surface area contributed by atoms with Gasteiger partial charge in [-0.25, -0.2) is 4.98 Å². The van der Waals surface area contributed by atoms with E-state index in [1.165, 1.54) is 10.4 Å². The highest BCUT2D eigenvalue weighted by molar-refractivity contribution is 7.09. The molecule has 0 radical (unpaired) electrons. The first-order chi connectivity index (χ1) is 9.60. The monoisotopic (exact) mass is 289 g/mol. The first-order valence-electron chi connectivity index (χ1n) is 6.97. The molecule has 1 atom stereocenters. The molecule has 4 heteroatoms. The number of hydrogen-bond donors (Lipinski definition) is 1. The van der Waals surface area contributed by atoms with Crippen LogP contribution in [0.15, 0.2) is 29.6 Å². The fraction of sp³-hybridized carbons (Fsp3) is 0.438. The number of nitrogens with one attached hydrogen (secondary N) is 1. The topological polar surface area (TPSA) is 28.2 Å². The Morgan fingerprint density at radius 3 is 2.85 bits per heavy atom. The Labute approximate surface area is 125 Å². The van der Waals surface area contributed by atoms with Gasteiger partial charge in [0.1, 0.15) is 5.82 Å². The van der Waals surface area contributed by atoms with Crippen LogP contribution in [-0.4, -0.2) is 25.1 Å². The van der Waals surface area contributed by atoms with Crippen molar-refractivity contribution in [3.8, 4) is 0 Å². The van der Waals surface area contributed by atoms with Crippen LogP contribution < -0.4 is 10.2 Å². The minimum absolute atomic E-state index is 0.436. The van der Waals surface area contributed by atoms with Crippen molar-refractivity contribution in [1.82, 2.24) is 10.3 Å². The predicted octanol–water partition coefficient (Wildman–Crippen LogP) is 3.24. The number of thiophene rings is 1. The molecular formula is C16H23N3S. The Morgan fingerprint density at radius 2 is 2.20 bits per heavy atom. The van der Waals surface area contributed by atoms with Gasteiger partial charge in [0, 0.05) is 36.6 Å². The van der Waals surface area contributed by atoms with Crippen molar-refractivity contribution in [1.29, 1.82) is 0 Å². The van der Waals surface area contributed by atoms with Gasteiger partial charge in [-0.2, -0.15) is 0 Å². The highest BCUT2D eigenvalue weighted by Crippen LogP contribution is 2.19. The fourth-order valence-electron chi connectivity index (χ4n) is 2.29. The summed E-state index contributed by atoms with van der Waals surface area (Å²) in [5.74, 6) is 1.05. The number of aryl methyl sites for hydroxylation is 1. The summed E-state index contributed by atoms with van der Waals surface area (Å²) in [5.41, 5.74) is 2.35. The van der Waals surface area contributed by atoms with Crippen LogP contribution in [0.25, 0.3) is 0 Å². The average Bonchev–Trinajstić information content (AvgIpc) is 2.90. The Bertz CT molecular complexity index is 537. The molecule has 0 amide bonds. The second-order valence-electron chi connectivity index (χ2n) is 5.25. The lowest BCUT2D eigenvalue weighted by atomic mass is 10.1. The molecular weight excluding hydrogens is 266 g/mol. The smallest absolute Gasteiger partial charge is 0.129 e. The molecule has 0 fully saturated rings. The second-order valence-corrected chi connectivity index (χ2v) is 6.28. The Hall–Kier alpha value is -1.39. The lowest BCUT2D eigenvalue weighted by molar-refractivity contribution is 0.678. The Morgan fingerprint density at radius 1 is 1.40 bits per heavy atom. The third-order valence-electron chi connectivity index (χ3n) is 3.48. The molecule has 0 aliphatic heterocycles. The first kappa shape index (κ1) is 15.0. The van der Waals surface area contributed by atoms with Crippen LogP contribution in [0.1, 0.15) is 23.1 Å². The Kier molecular flexibility index (Phi) is 5.15. The minimum Gasteiger partial charge on any atom is -0.357 e. The van der Waals surface area contributed by atoms with Gasteiger partial charge in [0.25, 0.3) is 0 Å². The van der Waals surface area contributed by atoms with Gasteiger partial charge < -0.3 is 10.2 Å². The van der Waals surface area contributed by atoms with Gasteiger partial charge in [0.2, 0.25) is 0 Å². The standard InChI is InChI=1S/C16H23N3S/c1-12-8-14(11-17-3)10-16(18-12)19(4)13(2)9-15-6-5-7-20-15/h5-8,10,13,17H,9,11H2,1-4H3. The van der Waals surface area contributed by atoms with Crippen molar-refractivity contribution in [3.63, 3.8) is 0 Å². The van der Waals surface area contributed by atoms with Crippen molar-refractivity contribution >= 4 is 17.2 Å². The number of anilines is 1. The van der Waals surface area contributed by atoms with Crippen LogP contribution in [0.3, 0.4) is 0 Å². The van der Waals surface area contributed by atoms with Crippen LogP contribution in [0.4, 0.5) is 5.82 Å². The van der Waals surface area contributed by atoms with Crippen molar-refractivity contribution in [2.45, 2.75) is 32.9 Å². The number of rotatable bonds is 6. The number of hydrogen-bond acceptors (Lipinski definition) is 4. The summed E-state index contributed by atoms with van der Waals surface area (Å²) in [4.78, 5) is 8.36. The number of aromatic nitrogens is 1. The lowest BCUT2D eigenvalue weighted by Crippen LogP contribution is -2.31. The average molecular weight is 289 g/mol. The zero-order valence-corrected chi connectivity index (χ0v) is 13.5. The van der Waals surface area contributed by atoms with E-state index in [0.717, 1.165) is 24.5 Å². The van der Waals surface area contributed by atoms with E-state index >= 15 is 0 Å². The first-order valence-corrected chi connectivity index (χ1v) is 7.85. The third-order valence-corrected chi connectivity index (χ3v) is 4.38. The predicted molar refractivity (Wildman–Crippen MR) is 87.6 cm³/mol. The lowest BCUT2D eigenvalue weighted by Gasteiger charge is -2.26.